The lowest BCUT2D eigenvalue weighted by molar-refractivity contribution is -0.139. The van der Waals surface area contributed by atoms with E-state index in [1.54, 1.807) is 31.3 Å². The fourth-order valence-corrected chi connectivity index (χ4v) is 1.42. The van der Waals surface area contributed by atoms with E-state index >= 15 is 0 Å². The number of tetrazole rings is 1. The molecule has 1 aromatic heterocycles. The summed E-state index contributed by atoms with van der Waals surface area (Å²) in [5, 5.41) is 24.4. The van der Waals surface area contributed by atoms with Gasteiger partial charge in [0.25, 0.3) is 5.95 Å². The molecule has 3 N–H and O–H groups in total. The SMILES string of the molecule is Cn1nnc(NC(=O)Nc2ccccc2OCC(=O)O)n1. The maximum Gasteiger partial charge on any atom is 0.341 e. The van der Waals surface area contributed by atoms with Gasteiger partial charge in [-0.25, -0.2) is 9.59 Å². The number of ether oxygens (including phenoxy) is 1. The third kappa shape index (κ3) is 4.16. The molecule has 2 aromatic rings. The summed E-state index contributed by atoms with van der Waals surface area (Å²) in [7, 11) is 1.56. The Morgan fingerprint density at radius 2 is 2.10 bits per heavy atom. The molecule has 0 radical (unpaired) electrons. The number of urea groups is 1. The van der Waals surface area contributed by atoms with Crippen LogP contribution in [0, 0.1) is 0 Å². The van der Waals surface area contributed by atoms with Gasteiger partial charge < -0.3 is 15.2 Å². The van der Waals surface area contributed by atoms with Gasteiger partial charge in [0.05, 0.1) is 12.7 Å². The van der Waals surface area contributed by atoms with Gasteiger partial charge in [0.1, 0.15) is 5.75 Å². The topological polar surface area (TPSA) is 131 Å². The molecule has 0 saturated carbocycles. The summed E-state index contributed by atoms with van der Waals surface area (Å²) in [6.45, 7) is -0.508. The van der Waals surface area contributed by atoms with E-state index in [1.165, 1.54) is 4.80 Å². The number of aliphatic carboxylic acids is 1. The number of rotatable bonds is 5. The van der Waals surface area contributed by atoms with Crippen LogP contribution in [0.15, 0.2) is 24.3 Å². The summed E-state index contributed by atoms with van der Waals surface area (Å²) in [5.74, 6) is -0.834. The Hall–Kier alpha value is -3.17. The van der Waals surface area contributed by atoms with E-state index in [4.69, 9.17) is 9.84 Å². The number of aryl methyl sites for hydroxylation is 1. The Kier molecular flexibility index (Phi) is 4.29. The van der Waals surface area contributed by atoms with Crippen molar-refractivity contribution in [2.45, 2.75) is 0 Å². The summed E-state index contributed by atoms with van der Waals surface area (Å²) < 4.78 is 5.06. The number of carboxylic acid groups (broad SMARTS) is 1. The highest BCUT2D eigenvalue weighted by molar-refractivity contribution is 5.99. The first-order valence-corrected chi connectivity index (χ1v) is 5.80. The van der Waals surface area contributed by atoms with Gasteiger partial charge in [0.15, 0.2) is 6.61 Å². The molecule has 0 fully saturated rings. The van der Waals surface area contributed by atoms with Crippen molar-refractivity contribution < 1.29 is 19.4 Å². The first-order valence-electron chi connectivity index (χ1n) is 5.80. The second kappa shape index (κ2) is 6.32. The predicted octanol–water partition coefficient (Wildman–Crippen LogP) is 0.317. The highest BCUT2D eigenvalue weighted by Gasteiger charge is 2.10. The Balaban J connectivity index is 2.01. The fourth-order valence-electron chi connectivity index (χ4n) is 1.42. The number of nitrogens with zero attached hydrogens (tertiary/aromatic N) is 4. The summed E-state index contributed by atoms with van der Waals surface area (Å²) >= 11 is 0. The van der Waals surface area contributed by atoms with Crippen molar-refractivity contribution in [3.63, 3.8) is 0 Å². The van der Waals surface area contributed by atoms with Crippen molar-refractivity contribution >= 4 is 23.6 Å². The van der Waals surface area contributed by atoms with Crippen molar-refractivity contribution in [1.29, 1.82) is 0 Å². The van der Waals surface area contributed by atoms with E-state index in [-0.39, 0.29) is 11.7 Å². The minimum atomic E-state index is -1.11. The van der Waals surface area contributed by atoms with Crippen LogP contribution in [-0.2, 0) is 11.8 Å². The summed E-state index contributed by atoms with van der Waals surface area (Å²) in [6.07, 6.45) is 0. The van der Waals surface area contributed by atoms with Crippen LogP contribution in [-0.4, -0.2) is 43.9 Å². The Morgan fingerprint density at radius 1 is 1.33 bits per heavy atom. The number of para-hydroxylation sites is 2. The normalized spacial score (nSPS) is 9.95. The molecular weight excluding hydrogens is 280 g/mol. The number of nitrogens with one attached hydrogen (secondary N) is 2. The maximum absolute atomic E-state index is 11.8. The van der Waals surface area contributed by atoms with Crippen LogP contribution in [0.4, 0.5) is 16.4 Å². The summed E-state index contributed by atoms with van der Waals surface area (Å²) in [4.78, 5) is 23.5. The van der Waals surface area contributed by atoms with Crippen LogP contribution in [0.3, 0.4) is 0 Å². The van der Waals surface area contributed by atoms with Gasteiger partial charge in [-0.1, -0.05) is 17.2 Å². The lowest BCUT2D eigenvalue weighted by Crippen LogP contribution is -2.21. The van der Waals surface area contributed by atoms with Gasteiger partial charge >= 0.3 is 12.0 Å². The molecule has 1 aromatic carbocycles. The largest absolute Gasteiger partial charge is 0.480 e. The van der Waals surface area contributed by atoms with Crippen molar-refractivity contribution in [3.05, 3.63) is 24.3 Å². The standard InChI is InChI=1S/C11H12N6O4/c1-17-15-10(14-16-17)13-11(20)12-7-4-2-3-5-8(7)21-6-9(18)19/h2-5H,6H2,1H3,(H,18,19)(H2,12,13,15,20). The zero-order valence-electron chi connectivity index (χ0n) is 11.0. The average molecular weight is 292 g/mol. The summed E-state index contributed by atoms with van der Waals surface area (Å²) in [6, 6.07) is 5.84. The van der Waals surface area contributed by atoms with E-state index in [0.29, 0.717) is 5.69 Å². The van der Waals surface area contributed by atoms with Gasteiger partial charge in [-0.15, -0.1) is 5.10 Å². The van der Waals surface area contributed by atoms with Gasteiger partial charge in [-0.05, 0) is 17.3 Å². The maximum atomic E-state index is 11.8. The smallest absolute Gasteiger partial charge is 0.341 e. The molecule has 0 spiro atoms. The second-order valence-corrected chi connectivity index (χ2v) is 3.86. The first-order chi connectivity index (χ1) is 10.0. The molecule has 21 heavy (non-hydrogen) atoms. The van der Waals surface area contributed by atoms with Crippen LogP contribution in [0.1, 0.15) is 0 Å². The van der Waals surface area contributed by atoms with Crippen LogP contribution in [0.5, 0.6) is 5.75 Å². The molecule has 0 atom stereocenters. The van der Waals surface area contributed by atoms with Crippen LogP contribution < -0.4 is 15.4 Å². The second-order valence-electron chi connectivity index (χ2n) is 3.86. The van der Waals surface area contributed by atoms with Crippen LogP contribution >= 0.6 is 0 Å². The lowest BCUT2D eigenvalue weighted by atomic mass is 10.3. The molecule has 0 aliphatic heterocycles. The highest BCUT2D eigenvalue weighted by Crippen LogP contribution is 2.23. The van der Waals surface area contributed by atoms with Crippen molar-refractivity contribution in [3.8, 4) is 5.75 Å². The van der Waals surface area contributed by atoms with E-state index in [1.807, 2.05) is 0 Å². The predicted molar refractivity (Wildman–Crippen MR) is 71.0 cm³/mol. The van der Waals surface area contributed by atoms with Crippen LogP contribution in [0.25, 0.3) is 0 Å². The molecule has 0 unspecified atom stereocenters. The van der Waals surface area contributed by atoms with Gasteiger partial charge in [-0.2, -0.15) is 4.80 Å². The number of carboxylic acids is 1. The lowest BCUT2D eigenvalue weighted by Gasteiger charge is -2.10. The first kappa shape index (κ1) is 14.2. The molecule has 2 amide bonds. The monoisotopic (exact) mass is 292 g/mol. The number of hydrogen-bond donors (Lipinski definition) is 3. The molecule has 0 saturated heterocycles. The Labute approximate surface area is 118 Å². The minimum Gasteiger partial charge on any atom is -0.480 e. The van der Waals surface area contributed by atoms with Crippen LogP contribution in [0.2, 0.25) is 0 Å². The third-order valence-corrected chi connectivity index (χ3v) is 2.22. The van der Waals surface area contributed by atoms with E-state index in [9.17, 15) is 9.59 Å². The number of hydrogen-bond acceptors (Lipinski definition) is 6. The molecule has 110 valence electrons. The number of amides is 2. The molecule has 10 nitrogen and oxygen atoms in total. The number of benzene rings is 1. The summed E-state index contributed by atoms with van der Waals surface area (Å²) in [5.41, 5.74) is 0.320. The van der Waals surface area contributed by atoms with Crippen molar-refractivity contribution in [2.24, 2.45) is 7.05 Å². The molecule has 0 aliphatic rings. The minimum absolute atomic E-state index is 0.0407. The Morgan fingerprint density at radius 3 is 2.76 bits per heavy atom. The van der Waals surface area contributed by atoms with Gasteiger partial charge in [0.2, 0.25) is 0 Å². The molecule has 0 aliphatic carbocycles. The van der Waals surface area contributed by atoms with E-state index in [2.05, 4.69) is 26.0 Å². The molecule has 1 heterocycles. The van der Waals surface area contributed by atoms with Gasteiger partial charge in [-0.3, -0.25) is 5.32 Å². The fraction of sp³-hybridized carbons (Fsp3) is 0.182. The zero-order valence-corrected chi connectivity index (χ0v) is 11.0. The number of aromatic nitrogens is 4. The highest BCUT2D eigenvalue weighted by atomic mass is 16.5. The Bertz CT molecular complexity index is 656. The number of anilines is 2. The molecule has 2 rings (SSSR count). The van der Waals surface area contributed by atoms with E-state index < -0.39 is 18.6 Å². The molecular formula is C11H12N6O4. The zero-order chi connectivity index (χ0) is 15.2. The number of carbonyl (C=O) groups is 2. The quantitative estimate of drug-likeness (QED) is 0.723. The van der Waals surface area contributed by atoms with Crippen molar-refractivity contribution in [2.75, 3.05) is 17.2 Å². The van der Waals surface area contributed by atoms with Gasteiger partial charge in [0, 0.05) is 0 Å². The van der Waals surface area contributed by atoms with E-state index in [0.717, 1.165) is 0 Å². The molecule has 10 heteroatoms. The average Bonchev–Trinajstić information content (AvgIpc) is 2.83. The van der Waals surface area contributed by atoms with Crippen molar-refractivity contribution in [1.82, 2.24) is 20.2 Å². The molecule has 0 bridgehead atoms. The number of carbonyl (C=O) groups excluding carboxylic acids is 1. The third-order valence-electron chi connectivity index (χ3n) is 2.22.